The SMILES string of the molecule is N#CC(=Cc1c(F)c(F)c(F)c(F)c1F)c1nc2ccccc2s1. The number of fused-ring (bicyclic) bond motifs is 1. The van der Waals surface area contributed by atoms with Crippen molar-refractivity contribution in [2.24, 2.45) is 0 Å². The van der Waals surface area contributed by atoms with Crippen LogP contribution in [0.25, 0.3) is 21.9 Å². The number of aromatic nitrogens is 1. The number of hydrogen-bond donors (Lipinski definition) is 0. The van der Waals surface area contributed by atoms with Crippen LogP contribution in [0.2, 0.25) is 0 Å². The standard InChI is InChI=1S/C16H5F5N2S/c17-11-8(12(18)14(20)15(21)13(11)19)5-7(6-22)16-23-9-3-1-2-4-10(9)24-16/h1-5H. The van der Waals surface area contributed by atoms with Crippen molar-refractivity contribution in [3.8, 4) is 6.07 Å². The van der Waals surface area contributed by atoms with Crippen molar-refractivity contribution >= 4 is 33.2 Å². The number of nitrogens with zero attached hydrogens (tertiary/aromatic N) is 2. The smallest absolute Gasteiger partial charge is 0.200 e. The van der Waals surface area contributed by atoms with Crippen LogP contribution in [0.5, 0.6) is 0 Å². The van der Waals surface area contributed by atoms with Crippen LogP contribution in [-0.2, 0) is 0 Å². The third-order valence-electron chi connectivity index (χ3n) is 3.18. The third-order valence-corrected chi connectivity index (χ3v) is 4.25. The van der Waals surface area contributed by atoms with Gasteiger partial charge in [0.05, 0.1) is 21.4 Å². The monoisotopic (exact) mass is 352 g/mol. The molecule has 0 aliphatic carbocycles. The molecule has 0 aliphatic heterocycles. The van der Waals surface area contributed by atoms with E-state index in [1.165, 1.54) is 0 Å². The Morgan fingerprint density at radius 1 is 0.958 bits per heavy atom. The third kappa shape index (κ3) is 2.53. The Balaban J connectivity index is 2.21. The van der Waals surface area contributed by atoms with Gasteiger partial charge in [-0.3, -0.25) is 0 Å². The van der Waals surface area contributed by atoms with Crippen molar-refractivity contribution in [2.75, 3.05) is 0 Å². The average molecular weight is 352 g/mol. The Morgan fingerprint density at radius 2 is 1.54 bits per heavy atom. The molecule has 0 bridgehead atoms. The van der Waals surface area contributed by atoms with Gasteiger partial charge < -0.3 is 0 Å². The van der Waals surface area contributed by atoms with Crippen molar-refractivity contribution in [1.82, 2.24) is 4.98 Å². The molecule has 2 aromatic carbocycles. The minimum absolute atomic E-state index is 0.114. The van der Waals surface area contributed by atoms with E-state index in [0.717, 1.165) is 11.3 Å². The van der Waals surface area contributed by atoms with Gasteiger partial charge in [-0.05, 0) is 18.2 Å². The fourth-order valence-corrected chi connectivity index (χ4v) is 2.95. The van der Waals surface area contributed by atoms with Crippen molar-refractivity contribution < 1.29 is 22.0 Å². The second-order valence-corrected chi connectivity index (χ2v) is 5.67. The van der Waals surface area contributed by atoms with Gasteiger partial charge in [-0.2, -0.15) is 5.26 Å². The molecule has 0 unspecified atom stereocenters. The average Bonchev–Trinajstić information content (AvgIpc) is 3.02. The summed E-state index contributed by atoms with van der Waals surface area (Å²) in [6.07, 6.45) is 0.605. The first-order chi connectivity index (χ1) is 11.4. The van der Waals surface area contributed by atoms with E-state index >= 15 is 0 Å². The zero-order valence-electron chi connectivity index (χ0n) is 11.6. The highest BCUT2D eigenvalue weighted by atomic mass is 32.1. The van der Waals surface area contributed by atoms with Gasteiger partial charge in [0.2, 0.25) is 5.82 Å². The molecular formula is C16H5F5N2S. The molecule has 0 radical (unpaired) electrons. The van der Waals surface area contributed by atoms with Gasteiger partial charge in [-0.1, -0.05) is 12.1 Å². The summed E-state index contributed by atoms with van der Waals surface area (Å²) in [5.41, 5.74) is -0.933. The van der Waals surface area contributed by atoms with Crippen LogP contribution in [0.4, 0.5) is 22.0 Å². The Bertz CT molecular complexity index is 971. The van der Waals surface area contributed by atoms with Crippen LogP contribution in [-0.4, -0.2) is 4.98 Å². The number of rotatable bonds is 2. The van der Waals surface area contributed by atoms with E-state index in [1.54, 1.807) is 30.3 Å². The highest BCUT2D eigenvalue weighted by molar-refractivity contribution is 7.19. The zero-order valence-corrected chi connectivity index (χ0v) is 12.4. The van der Waals surface area contributed by atoms with Gasteiger partial charge in [0.25, 0.3) is 0 Å². The molecule has 120 valence electrons. The summed E-state index contributed by atoms with van der Waals surface area (Å²) in [6.45, 7) is 0. The first kappa shape index (κ1) is 16.1. The van der Waals surface area contributed by atoms with Crippen LogP contribution in [0.1, 0.15) is 10.6 Å². The molecule has 1 heterocycles. The Labute approximate surface area is 136 Å². The number of halogens is 5. The molecule has 0 N–H and O–H groups in total. The first-order valence-corrected chi connectivity index (χ1v) is 7.25. The van der Waals surface area contributed by atoms with Crippen LogP contribution in [0, 0.1) is 40.4 Å². The molecule has 0 saturated heterocycles. The molecule has 3 aromatic rings. The lowest BCUT2D eigenvalue weighted by Crippen LogP contribution is -2.04. The number of hydrogen-bond acceptors (Lipinski definition) is 3. The van der Waals surface area contributed by atoms with Gasteiger partial charge in [0.15, 0.2) is 23.3 Å². The molecule has 0 amide bonds. The maximum atomic E-state index is 13.7. The van der Waals surface area contributed by atoms with E-state index in [1.807, 2.05) is 0 Å². The van der Waals surface area contributed by atoms with Gasteiger partial charge >= 0.3 is 0 Å². The Morgan fingerprint density at radius 3 is 2.12 bits per heavy atom. The maximum absolute atomic E-state index is 13.7. The van der Waals surface area contributed by atoms with Crippen molar-refractivity contribution in [3.05, 3.63) is 63.9 Å². The molecule has 2 nitrogen and oxygen atoms in total. The van der Waals surface area contributed by atoms with Gasteiger partial charge in [-0.15, -0.1) is 11.3 Å². The number of thiazole rings is 1. The van der Waals surface area contributed by atoms with Crippen LogP contribution >= 0.6 is 11.3 Å². The van der Waals surface area contributed by atoms with E-state index in [-0.39, 0.29) is 10.6 Å². The molecule has 0 atom stereocenters. The maximum Gasteiger partial charge on any atom is 0.200 e. The van der Waals surface area contributed by atoms with Crippen molar-refractivity contribution in [2.45, 2.75) is 0 Å². The summed E-state index contributed by atoms with van der Waals surface area (Å²) in [6, 6.07) is 8.52. The van der Waals surface area contributed by atoms with E-state index in [9.17, 15) is 27.2 Å². The van der Waals surface area contributed by atoms with Gasteiger partial charge in [0.1, 0.15) is 11.1 Å². The van der Waals surface area contributed by atoms with E-state index < -0.39 is 34.6 Å². The van der Waals surface area contributed by atoms with E-state index in [4.69, 9.17) is 0 Å². The summed E-state index contributed by atoms with van der Waals surface area (Å²) in [5, 5.41) is 9.30. The van der Waals surface area contributed by atoms with Crippen LogP contribution < -0.4 is 0 Å². The van der Waals surface area contributed by atoms with Gasteiger partial charge in [0, 0.05) is 0 Å². The lowest BCUT2D eigenvalue weighted by molar-refractivity contribution is 0.377. The minimum Gasteiger partial charge on any atom is -0.235 e. The second kappa shape index (κ2) is 6.02. The summed E-state index contributed by atoms with van der Waals surface area (Å²) in [4.78, 5) is 4.12. The summed E-state index contributed by atoms with van der Waals surface area (Å²) < 4.78 is 67.7. The molecule has 0 spiro atoms. The largest absolute Gasteiger partial charge is 0.235 e. The van der Waals surface area contributed by atoms with Crippen LogP contribution in [0.15, 0.2) is 24.3 Å². The number of allylic oxidation sites excluding steroid dienone is 1. The molecular weight excluding hydrogens is 347 g/mol. The van der Waals surface area contributed by atoms with Gasteiger partial charge in [-0.25, -0.2) is 26.9 Å². The quantitative estimate of drug-likeness (QED) is 0.280. The Kier molecular flexibility index (Phi) is 4.03. The first-order valence-electron chi connectivity index (χ1n) is 6.43. The fraction of sp³-hybridized carbons (Fsp3) is 0. The predicted molar refractivity (Wildman–Crippen MR) is 79.3 cm³/mol. The highest BCUT2D eigenvalue weighted by Crippen LogP contribution is 2.30. The van der Waals surface area contributed by atoms with Crippen LogP contribution in [0.3, 0.4) is 0 Å². The fourth-order valence-electron chi connectivity index (χ4n) is 2.02. The molecule has 3 rings (SSSR count). The molecule has 8 heteroatoms. The van der Waals surface area contributed by atoms with Crippen molar-refractivity contribution in [3.63, 3.8) is 0 Å². The second-order valence-electron chi connectivity index (χ2n) is 4.64. The number of para-hydroxylation sites is 1. The zero-order chi connectivity index (χ0) is 17.4. The lowest BCUT2D eigenvalue weighted by Gasteiger charge is -2.04. The number of nitriles is 1. The normalized spacial score (nSPS) is 11.8. The van der Waals surface area contributed by atoms with E-state index in [2.05, 4.69) is 4.98 Å². The minimum atomic E-state index is -2.25. The van der Waals surface area contributed by atoms with Crippen molar-refractivity contribution in [1.29, 1.82) is 5.26 Å². The number of benzene rings is 2. The molecule has 1 aromatic heterocycles. The molecule has 0 aliphatic rings. The molecule has 0 saturated carbocycles. The highest BCUT2D eigenvalue weighted by Gasteiger charge is 2.25. The summed E-state index contributed by atoms with van der Waals surface area (Å²) in [5.74, 6) is -10.4. The topological polar surface area (TPSA) is 36.7 Å². The predicted octanol–water partition coefficient (Wildman–Crippen LogP) is 5.06. The molecule has 24 heavy (non-hydrogen) atoms. The Hall–Kier alpha value is -2.79. The van der Waals surface area contributed by atoms with E-state index in [0.29, 0.717) is 16.3 Å². The molecule has 0 fully saturated rings. The lowest BCUT2D eigenvalue weighted by atomic mass is 10.1. The summed E-state index contributed by atoms with van der Waals surface area (Å²) in [7, 11) is 0. The summed E-state index contributed by atoms with van der Waals surface area (Å²) >= 11 is 1.06.